The zero-order valence-electron chi connectivity index (χ0n) is 10.8. The number of hydrogen-bond acceptors (Lipinski definition) is 4. The lowest BCUT2D eigenvalue weighted by Crippen LogP contribution is -2.07. The summed E-state index contributed by atoms with van der Waals surface area (Å²) in [6, 6.07) is 10.3. The van der Waals surface area contributed by atoms with Gasteiger partial charge in [-0.15, -0.1) is 0 Å². The van der Waals surface area contributed by atoms with Crippen molar-refractivity contribution < 1.29 is 9.31 Å². The maximum absolute atomic E-state index is 12.9. The molecule has 0 amide bonds. The molecule has 0 fully saturated rings. The van der Waals surface area contributed by atoms with Crippen LogP contribution in [0.2, 0.25) is 0 Å². The van der Waals surface area contributed by atoms with Crippen molar-refractivity contribution in [2.75, 3.05) is 11.1 Å². The smallest absolute Gasteiger partial charge is 0.273 e. The molecule has 1 atom stereocenters. The predicted octanol–water partition coefficient (Wildman–Crippen LogP) is 3.49. The van der Waals surface area contributed by atoms with Crippen molar-refractivity contribution in [3.8, 4) is 0 Å². The number of non-ortho nitro benzene ring substituents is 1. The van der Waals surface area contributed by atoms with E-state index >= 15 is 0 Å². The minimum absolute atomic E-state index is 0.0705. The van der Waals surface area contributed by atoms with E-state index in [4.69, 9.17) is 5.73 Å². The lowest BCUT2D eigenvalue weighted by atomic mass is 10.1. The summed E-state index contributed by atoms with van der Waals surface area (Å²) in [7, 11) is 0. The van der Waals surface area contributed by atoms with Crippen molar-refractivity contribution >= 4 is 17.1 Å². The standard InChI is InChI=1S/C14H14FN3O2/c1-9(10-2-4-11(15)5-3-10)17-13-6-12(16)7-14(8-13)18(19)20/h2-9,17H,16H2,1H3. The van der Waals surface area contributed by atoms with E-state index in [0.29, 0.717) is 11.4 Å². The Morgan fingerprint density at radius 3 is 2.50 bits per heavy atom. The minimum Gasteiger partial charge on any atom is -0.398 e. The maximum Gasteiger partial charge on any atom is 0.273 e. The van der Waals surface area contributed by atoms with E-state index in [1.165, 1.54) is 24.3 Å². The Bertz CT molecular complexity index is 629. The van der Waals surface area contributed by atoms with Gasteiger partial charge in [0.15, 0.2) is 0 Å². The van der Waals surface area contributed by atoms with Gasteiger partial charge in [0.1, 0.15) is 5.82 Å². The van der Waals surface area contributed by atoms with Crippen LogP contribution < -0.4 is 11.1 Å². The number of nitro benzene ring substituents is 1. The fraction of sp³-hybridized carbons (Fsp3) is 0.143. The quantitative estimate of drug-likeness (QED) is 0.508. The van der Waals surface area contributed by atoms with Gasteiger partial charge in [0.25, 0.3) is 5.69 Å². The van der Waals surface area contributed by atoms with Gasteiger partial charge in [-0.1, -0.05) is 12.1 Å². The lowest BCUT2D eigenvalue weighted by molar-refractivity contribution is -0.384. The third kappa shape index (κ3) is 3.23. The van der Waals surface area contributed by atoms with Gasteiger partial charge in [-0.2, -0.15) is 0 Å². The molecule has 1 unspecified atom stereocenters. The molecular formula is C14H14FN3O2. The van der Waals surface area contributed by atoms with E-state index in [1.54, 1.807) is 18.2 Å². The number of nitrogens with two attached hydrogens (primary N) is 1. The first-order valence-electron chi connectivity index (χ1n) is 6.02. The highest BCUT2D eigenvalue weighted by Gasteiger charge is 2.11. The second kappa shape index (κ2) is 5.56. The number of halogens is 1. The molecule has 0 saturated heterocycles. The number of nitrogens with one attached hydrogen (secondary N) is 1. The lowest BCUT2D eigenvalue weighted by Gasteiger charge is -2.16. The molecule has 0 aliphatic heterocycles. The summed E-state index contributed by atoms with van der Waals surface area (Å²) in [5.41, 5.74) is 7.30. The van der Waals surface area contributed by atoms with Crippen LogP contribution in [-0.4, -0.2) is 4.92 Å². The van der Waals surface area contributed by atoms with Crippen LogP contribution in [0.5, 0.6) is 0 Å². The van der Waals surface area contributed by atoms with Gasteiger partial charge in [0.05, 0.1) is 4.92 Å². The second-order valence-electron chi connectivity index (χ2n) is 4.49. The Morgan fingerprint density at radius 1 is 1.25 bits per heavy atom. The molecule has 0 aromatic heterocycles. The maximum atomic E-state index is 12.9. The topological polar surface area (TPSA) is 81.2 Å². The van der Waals surface area contributed by atoms with Gasteiger partial charge in [-0.3, -0.25) is 10.1 Å². The molecule has 0 saturated carbocycles. The molecule has 2 aromatic carbocycles. The van der Waals surface area contributed by atoms with Gasteiger partial charge in [0.2, 0.25) is 0 Å². The van der Waals surface area contributed by atoms with Crippen LogP contribution in [0, 0.1) is 15.9 Å². The SMILES string of the molecule is CC(Nc1cc(N)cc([N+](=O)[O-])c1)c1ccc(F)cc1. The molecule has 2 aromatic rings. The first-order valence-corrected chi connectivity index (χ1v) is 6.02. The van der Waals surface area contributed by atoms with E-state index < -0.39 is 4.92 Å². The number of anilines is 2. The number of nitrogen functional groups attached to an aromatic ring is 1. The molecule has 2 rings (SSSR count). The van der Waals surface area contributed by atoms with Gasteiger partial charge in [0, 0.05) is 29.5 Å². The van der Waals surface area contributed by atoms with Crippen LogP contribution in [0.4, 0.5) is 21.5 Å². The van der Waals surface area contributed by atoms with Crippen LogP contribution in [0.25, 0.3) is 0 Å². The number of benzene rings is 2. The molecule has 104 valence electrons. The number of nitro groups is 1. The molecule has 3 N–H and O–H groups in total. The molecule has 0 bridgehead atoms. The van der Waals surface area contributed by atoms with Crippen molar-refractivity contribution in [1.29, 1.82) is 0 Å². The zero-order valence-corrected chi connectivity index (χ0v) is 10.8. The van der Waals surface area contributed by atoms with Crippen LogP contribution >= 0.6 is 0 Å². The first-order chi connectivity index (χ1) is 9.45. The molecular weight excluding hydrogens is 261 g/mol. The summed E-state index contributed by atoms with van der Waals surface area (Å²) in [4.78, 5) is 10.3. The zero-order chi connectivity index (χ0) is 14.7. The monoisotopic (exact) mass is 275 g/mol. The minimum atomic E-state index is -0.496. The number of rotatable bonds is 4. The van der Waals surface area contributed by atoms with Crippen LogP contribution in [0.15, 0.2) is 42.5 Å². The Hall–Kier alpha value is -2.63. The summed E-state index contributed by atoms with van der Waals surface area (Å²) in [6.45, 7) is 1.88. The average Bonchev–Trinajstić information content (AvgIpc) is 2.38. The van der Waals surface area contributed by atoms with E-state index in [1.807, 2.05) is 6.92 Å². The average molecular weight is 275 g/mol. The van der Waals surface area contributed by atoms with E-state index in [-0.39, 0.29) is 17.5 Å². The fourth-order valence-corrected chi connectivity index (χ4v) is 1.91. The predicted molar refractivity (Wildman–Crippen MR) is 75.9 cm³/mol. The Labute approximate surface area is 115 Å². The Balaban J connectivity index is 2.21. The van der Waals surface area contributed by atoms with Crippen molar-refractivity contribution in [3.63, 3.8) is 0 Å². The summed E-state index contributed by atoms with van der Waals surface area (Å²) >= 11 is 0. The highest BCUT2D eigenvalue weighted by atomic mass is 19.1. The Morgan fingerprint density at radius 2 is 1.90 bits per heavy atom. The van der Waals surface area contributed by atoms with E-state index in [2.05, 4.69) is 5.32 Å². The number of hydrogen-bond donors (Lipinski definition) is 2. The second-order valence-corrected chi connectivity index (χ2v) is 4.49. The normalized spacial score (nSPS) is 11.9. The summed E-state index contributed by atoms with van der Waals surface area (Å²) in [5.74, 6) is -0.305. The van der Waals surface area contributed by atoms with Gasteiger partial charge < -0.3 is 11.1 Å². The van der Waals surface area contributed by atoms with Crippen molar-refractivity contribution in [2.24, 2.45) is 0 Å². The van der Waals surface area contributed by atoms with Crippen molar-refractivity contribution in [1.82, 2.24) is 0 Å². The molecule has 0 aliphatic carbocycles. The van der Waals surface area contributed by atoms with E-state index in [9.17, 15) is 14.5 Å². The van der Waals surface area contributed by atoms with Crippen LogP contribution in [0.1, 0.15) is 18.5 Å². The van der Waals surface area contributed by atoms with Gasteiger partial charge >= 0.3 is 0 Å². The molecule has 20 heavy (non-hydrogen) atoms. The summed E-state index contributed by atoms with van der Waals surface area (Å²) in [5, 5.41) is 13.9. The first kappa shape index (κ1) is 13.8. The Kier molecular flexibility index (Phi) is 3.84. The molecule has 5 nitrogen and oxygen atoms in total. The van der Waals surface area contributed by atoms with Crippen molar-refractivity contribution in [3.05, 3.63) is 64.0 Å². The largest absolute Gasteiger partial charge is 0.398 e. The highest BCUT2D eigenvalue weighted by Crippen LogP contribution is 2.26. The summed E-state index contributed by atoms with van der Waals surface area (Å²) in [6.07, 6.45) is 0. The van der Waals surface area contributed by atoms with Gasteiger partial charge in [-0.05, 0) is 30.7 Å². The van der Waals surface area contributed by atoms with Gasteiger partial charge in [-0.25, -0.2) is 4.39 Å². The fourth-order valence-electron chi connectivity index (χ4n) is 1.91. The molecule has 6 heteroatoms. The van der Waals surface area contributed by atoms with Crippen molar-refractivity contribution in [2.45, 2.75) is 13.0 Å². The van der Waals surface area contributed by atoms with Crippen LogP contribution in [0.3, 0.4) is 0 Å². The molecule has 0 spiro atoms. The number of nitrogens with zero attached hydrogens (tertiary/aromatic N) is 1. The molecule has 0 radical (unpaired) electrons. The van der Waals surface area contributed by atoms with E-state index in [0.717, 1.165) is 5.56 Å². The third-order valence-electron chi connectivity index (χ3n) is 2.90. The molecule has 0 heterocycles. The third-order valence-corrected chi connectivity index (χ3v) is 2.90. The summed E-state index contributed by atoms with van der Waals surface area (Å²) < 4.78 is 12.9. The highest BCUT2D eigenvalue weighted by molar-refractivity contribution is 5.62. The molecule has 0 aliphatic rings. The van der Waals surface area contributed by atoms with Crippen LogP contribution in [-0.2, 0) is 0 Å².